The van der Waals surface area contributed by atoms with E-state index < -0.39 is 23.2 Å². The molecule has 1 N–H and O–H groups in total. The van der Waals surface area contributed by atoms with Crippen LogP contribution in [0.4, 0.5) is 10.2 Å². The summed E-state index contributed by atoms with van der Waals surface area (Å²) in [5, 5.41) is 20.0. The van der Waals surface area contributed by atoms with Crippen LogP contribution in [0.1, 0.15) is 18.1 Å². The van der Waals surface area contributed by atoms with Crippen LogP contribution in [0.25, 0.3) is 0 Å². The van der Waals surface area contributed by atoms with Crippen LogP contribution < -0.4 is 15.3 Å². The van der Waals surface area contributed by atoms with Gasteiger partial charge >= 0.3 is 5.69 Å². The Balaban J connectivity index is 1.61. The average Bonchev–Trinajstić information content (AvgIpc) is 2.94. The number of halogens is 1. The highest BCUT2D eigenvalue weighted by atomic mass is 19.1. The van der Waals surface area contributed by atoms with Crippen molar-refractivity contribution in [2.24, 2.45) is 0 Å². The Morgan fingerprint density at radius 1 is 1.47 bits per heavy atom. The van der Waals surface area contributed by atoms with Crippen LogP contribution in [0.3, 0.4) is 0 Å². The lowest BCUT2D eigenvalue weighted by molar-refractivity contribution is -0.130. The second-order valence-electron chi connectivity index (χ2n) is 7.55. The van der Waals surface area contributed by atoms with E-state index >= 15 is 0 Å². The number of aliphatic hydroxyl groups is 1. The highest BCUT2D eigenvalue weighted by Gasteiger charge is 2.50. The number of rotatable bonds is 3. The maximum Gasteiger partial charge on any atom is 0.354 e. The number of anilines is 1. The van der Waals surface area contributed by atoms with E-state index in [1.807, 2.05) is 4.90 Å². The van der Waals surface area contributed by atoms with E-state index in [1.165, 1.54) is 37.5 Å². The monoisotopic (exact) mass is 411 g/mol. The van der Waals surface area contributed by atoms with Crippen molar-refractivity contribution in [1.82, 2.24) is 14.5 Å². The molecular weight excluding hydrogens is 392 g/mol. The zero-order valence-corrected chi connectivity index (χ0v) is 16.5. The molecule has 2 atom stereocenters. The van der Waals surface area contributed by atoms with Crippen LogP contribution in [0.2, 0.25) is 0 Å². The van der Waals surface area contributed by atoms with Crippen LogP contribution >= 0.6 is 0 Å². The normalized spacial score (nSPS) is 22.3. The molecule has 2 aliphatic rings. The van der Waals surface area contributed by atoms with E-state index in [4.69, 9.17) is 10.00 Å². The lowest BCUT2D eigenvalue weighted by Crippen LogP contribution is -2.60. The van der Waals surface area contributed by atoms with Gasteiger partial charge in [0.15, 0.2) is 7.85 Å². The molecule has 1 aromatic carbocycles. The molecule has 2 aromatic rings. The van der Waals surface area contributed by atoms with E-state index in [2.05, 4.69) is 4.98 Å². The highest BCUT2D eigenvalue weighted by Crippen LogP contribution is 2.37. The molecule has 1 saturated heterocycles. The fraction of sp³-hybridized carbons (Fsp3) is 0.368. The van der Waals surface area contributed by atoms with Gasteiger partial charge < -0.3 is 19.6 Å². The zero-order valence-electron chi connectivity index (χ0n) is 16.5. The summed E-state index contributed by atoms with van der Waals surface area (Å²) in [5.41, 5.74) is -1.76. The molecule has 1 amide bonds. The number of ether oxygens (including phenoxy) is 1. The molecule has 0 radical (unpaired) electrons. The first kappa shape index (κ1) is 19.9. The third-order valence-electron chi connectivity index (χ3n) is 5.62. The first-order valence-corrected chi connectivity index (χ1v) is 9.43. The van der Waals surface area contributed by atoms with Crippen LogP contribution in [0, 0.1) is 17.1 Å². The fourth-order valence-corrected chi connectivity index (χ4v) is 4.03. The summed E-state index contributed by atoms with van der Waals surface area (Å²) in [6, 6.07) is 6.88. The van der Waals surface area contributed by atoms with Crippen molar-refractivity contribution in [2.75, 3.05) is 24.5 Å². The van der Waals surface area contributed by atoms with E-state index in [-0.39, 0.29) is 30.5 Å². The smallest absolute Gasteiger partial charge is 0.354 e. The quantitative estimate of drug-likeness (QED) is 0.653. The van der Waals surface area contributed by atoms with Gasteiger partial charge in [-0.05, 0) is 17.7 Å². The number of nitrogens with zero attached hydrogens (tertiary/aromatic N) is 5. The van der Waals surface area contributed by atoms with Crippen LogP contribution in [0.5, 0.6) is 5.88 Å². The molecule has 4 rings (SSSR count). The molecular formula is C19H19BFN5O4. The summed E-state index contributed by atoms with van der Waals surface area (Å²) < 4.78 is 20.3. The van der Waals surface area contributed by atoms with Crippen LogP contribution in [-0.4, -0.2) is 59.0 Å². The van der Waals surface area contributed by atoms with Gasteiger partial charge in [-0.1, -0.05) is 6.07 Å². The Morgan fingerprint density at radius 2 is 2.23 bits per heavy atom. The van der Waals surface area contributed by atoms with E-state index in [9.17, 15) is 19.1 Å². The molecule has 2 aliphatic heterocycles. The third-order valence-corrected chi connectivity index (χ3v) is 5.62. The minimum absolute atomic E-state index is 0.0111. The van der Waals surface area contributed by atoms with Gasteiger partial charge in [0.2, 0.25) is 11.8 Å². The molecule has 3 heterocycles. The summed E-state index contributed by atoms with van der Waals surface area (Å²) in [7, 11) is 1.52. The van der Waals surface area contributed by atoms with Crippen molar-refractivity contribution in [3.05, 3.63) is 51.7 Å². The summed E-state index contributed by atoms with van der Waals surface area (Å²) >= 11 is 0. The molecule has 1 fully saturated rings. The van der Waals surface area contributed by atoms with Crippen molar-refractivity contribution in [3.63, 3.8) is 0 Å². The highest BCUT2D eigenvalue weighted by molar-refractivity contribution is 6.14. The Labute approximate surface area is 172 Å². The zero-order chi connectivity index (χ0) is 21.6. The Bertz CT molecular complexity index is 1130. The van der Waals surface area contributed by atoms with Crippen LogP contribution in [0.15, 0.2) is 29.1 Å². The first-order valence-electron chi connectivity index (χ1n) is 9.43. The molecule has 154 valence electrons. The Morgan fingerprint density at radius 3 is 2.93 bits per heavy atom. The van der Waals surface area contributed by atoms with Crippen molar-refractivity contribution in [3.8, 4) is 11.9 Å². The molecule has 0 spiro atoms. The summed E-state index contributed by atoms with van der Waals surface area (Å²) in [4.78, 5) is 31.9. The van der Waals surface area contributed by atoms with Gasteiger partial charge in [0.05, 0.1) is 11.6 Å². The molecule has 2 unspecified atom stereocenters. The van der Waals surface area contributed by atoms with Crippen molar-refractivity contribution < 1.29 is 19.0 Å². The summed E-state index contributed by atoms with van der Waals surface area (Å²) in [6.07, 6.45) is 0. The van der Waals surface area contributed by atoms with Crippen molar-refractivity contribution >= 4 is 19.6 Å². The number of benzene rings is 1. The number of aromatic nitrogens is 2. The third kappa shape index (κ3) is 3.19. The number of fused-ring (bicyclic) bond motifs is 3. The second kappa shape index (κ2) is 7.14. The van der Waals surface area contributed by atoms with E-state index in [1.54, 1.807) is 17.0 Å². The van der Waals surface area contributed by atoms with Crippen molar-refractivity contribution in [1.29, 1.82) is 5.26 Å². The SMILES string of the molecule is BC1(O)C2CN(C(C)=O)CCN2c2cc(OCc3ccc(F)c(C#N)c3)nc(=O)n21. The Hall–Kier alpha value is -3.39. The predicted molar refractivity (Wildman–Crippen MR) is 106 cm³/mol. The lowest BCUT2D eigenvalue weighted by atomic mass is 9.83. The largest absolute Gasteiger partial charge is 0.473 e. The van der Waals surface area contributed by atoms with E-state index in [0.717, 1.165) is 0 Å². The lowest BCUT2D eigenvalue weighted by Gasteiger charge is -2.41. The minimum atomic E-state index is -1.54. The second-order valence-corrected chi connectivity index (χ2v) is 7.55. The van der Waals surface area contributed by atoms with Gasteiger partial charge in [0, 0.05) is 32.6 Å². The van der Waals surface area contributed by atoms with Crippen molar-refractivity contribution in [2.45, 2.75) is 25.2 Å². The fourth-order valence-electron chi connectivity index (χ4n) is 4.03. The average molecular weight is 411 g/mol. The van der Waals surface area contributed by atoms with Crippen LogP contribution in [-0.2, 0) is 17.0 Å². The Kier molecular flexibility index (Phi) is 4.74. The number of amides is 1. The van der Waals surface area contributed by atoms with Gasteiger partial charge in [0.1, 0.15) is 29.9 Å². The molecule has 0 saturated carbocycles. The number of piperazine rings is 1. The van der Waals surface area contributed by atoms with Gasteiger partial charge in [-0.15, -0.1) is 0 Å². The number of hydrogen-bond donors (Lipinski definition) is 1. The molecule has 30 heavy (non-hydrogen) atoms. The summed E-state index contributed by atoms with van der Waals surface area (Å²) in [5.74, 6) is -0.195. The topological polar surface area (TPSA) is 112 Å². The number of hydrogen-bond acceptors (Lipinski definition) is 7. The van der Waals surface area contributed by atoms with Gasteiger partial charge in [-0.25, -0.2) is 9.18 Å². The number of carbonyl (C=O) groups is 1. The minimum Gasteiger partial charge on any atom is -0.473 e. The molecule has 0 aliphatic carbocycles. The molecule has 1 aromatic heterocycles. The number of nitriles is 1. The van der Waals surface area contributed by atoms with E-state index in [0.29, 0.717) is 24.5 Å². The number of carbonyl (C=O) groups excluding carboxylic acids is 1. The molecule has 9 nitrogen and oxygen atoms in total. The van der Waals surface area contributed by atoms with Gasteiger partial charge in [-0.3, -0.25) is 9.36 Å². The molecule has 0 bridgehead atoms. The van der Waals surface area contributed by atoms with Gasteiger partial charge in [0.25, 0.3) is 0 Å². The standard InChI is InChI=1S/C19H19BFN5O4/c1-11(27)24-4-5-25-15(9-24)19(20,29)26-17(25)7-16(23-18(26)28)30-10-12-2-3-14(21)13(6-12)8-22/h2-3,6-7,15,29H,4-5,9-10,20H2,1H3. The maximum absolute atomic E-state index is 13.5. The maximum atomic E-state index is 13.5. The molecule has 11 heteroatoms. The predicted octanol–water partition coefficient (Wildman–Crippen LogP) is -0.881. The summed E-state index contributed by atoms with van der Waals surface area (Å²) in [6.45, 7) is 2.67. The van der Waals surface area contributed by atoms with Gasteiger partial charge in [-0.2, -0.15) is 10.2 Å². The first-order chi connectivity index (χ1) is 14.2.